The Kier molecular flexibility index (Phi) is 4.19. The highest BCUT2D eigenvalue weighted by molar-refractivity contribution is 5.82. The summed E-state index contributed by atoms with van der Waals surface area (Å²) in [6, 6.07) is -0.371. The van der Waals surface area contributed by atoms with Crippen molar-refractivity contribution < 1.29 is 24.2 Å². The Bertz CT molecular complexity index is 326. The second-order valence-corrected chi connectivity index (χ2v) is 4.68. The molecular weight excluding hydrogens is 238 g/mol. The van der Waals surface area contributed by atoms with Crippen LogP contribution in [-0.2, 0) is 19.1 Å². The van der Waals surface area contributed by atoms with E-state index < -0.39 is 18.0 Å². The zero-order valence-electron chi connectivity index (χ0n) is 10.5. The average Bonchev–Trinajstić information content (AvgIpc) is 3.00. The standard InChI is InChI=1S/C12H19NO5/c1-2-13(11(14)10-4-3-5-18-10)9-7-17-6-8(9)12(15)16/h8-10H,2-7H2,1H3,(H,15,16). The molecule has 1 N–H and O–H groups in total. The van der Waals surface area contributed by atoms with Gasteiger partial charge < -0.3 is 19.5 Å². The summed E-state index contributed by atoms with van der Waals surface area (Å²) in [7, 11) is 0. The van der Waals surface area contributed by atoms with Crippen molar-refractivity contribution in [3.63, 3.8) is 0 Å². The van der Waals surface area contributed by atoms with Crippen molar-refractivity contribution in [2.75, 3.05) is 26.4 Å². The van der Waals surface area contributed by atoms with Crippen molar-refractivity contribution in [2.45, 2.75) is 31.9 Å². The van der Waals surface area contributed by atoms with Crippen LogP contribution in [0, 0.1) is 5.92 Å². The van der Waals surface area contributed by atoms with Crippen LogP contribution in [0.1, 0.15) is 19.8 Å². The fraction of sp³-hybridized carbons (Fsp3) is 0.833. The minimum atomic E-state index is -0.906. The van der Waals surface area contributed by atoms with E-state index in [0.29, 0.717) is 19.8 Å². The van der Waals surface area contributed by atoms with Gasteiger partial charge in [0.25, 0.3) is 5.91 Å². The van der Waals surface area contributed by atoms with Crippen LogP contribution in [-0.4, -0.2) is 60.4 Å². The van der Waals surface area contributed by atoms with Gasteiger partial charge in [-0.05, 0) is 19.8 Å². The van der Waals surface area contributed by atoms with E-state index in [1.54, 1.807) is 4.90 Å². The van der Waals surface area contributed by atoms with Gasteiger partial charge in [0, 0.05) is 13.2 Å². The number of amides is 1. The van der Waals surface area contributed by atoms with Crippen molar-refractivity contribution in [3.05, 3.63) is 0 Å². The molecule has 2 aliphatic heterocycles. The molecule has 6 nitrogen and oxygen atoms in total. The van der Waals surface area contributed by atoms with Crippen LogP contribution >= 0.6 is 0 Å². The largest absolute Gasteiger partial charge is 0.481 e. The summed E-state index contributed by atoms with van der Waals surface area (Å²) in [5, 5.41) is 9.13. The van der Waals surface area contributed by atoms with Gasteiger partial charge in [-0.3, -0.25) is 9.59 Å². The summed E-state index contributed by atoms with van der Waals surface area (Å²) in [5.41, 5.74) is 0. The van der Waals surface area contributed by atoms with Gasteiger partial charge in [0.15, 0.2) is 0 Å². The quantitative estimate of drug-likeness (QED) is 0.773. The Balaban J connectivity index is 2.07. The van der Waals surface area contributed by atoms with Crippen molar-refractivity contribution >= 4 is 11.9 Å². The normalized spacial score (nSPS) is 31.5. The number of hydrogen-bond acceptors (Lipinski definition) is 4. The molecule has 0 aromatic carbocycles. The number of carbonyl (C=O) groups is 2. The third-order valence-corrected chi connectivity index (χ3v) is 3.60. The lowest BCUT2D eigenvalue weighted by atomic mass is 10.0. The molecule has 18 heavy (non-hydrogen) atoms. The number of carbonyl (C=O) groups excluding carboxylic acids is 1. The maximum atomic E-state index is 12.3. The molecule has 1 amide bonds. The molecule has 3 atom stereocenters. The molecule has 0 saturated carbocycles. The van der Waals surface area contributed by atoms with Gasteiger partial charge in [-0.15, -0.1) is 0 Å². The fourth-order valence-electron chi connectivity index (χ4n) is 2.60. The van der Waals surface area contributed by atoms with Gasteiger partial charge in [0.2, 0.25) is 0 Å². The molecule has 2 heterocycles. The summed E-state index contributed by atoms with van der Waals surface area (Å²) in [4.78, 5) is 25.0. The van der Waals surface area contributed by atoms with Crippen molar-refractivity contribution in [3.8, 4) is 0 Å². The number of nitrogens with zero attached hydrogens (tertiary/aromatic N) is 1. The maximum Gasteiger partial charge on any atom is 0.311 e. The zero-order chi connectivity index (χ0) is 13.1. The summed E-state index contributed by atoms with van der Waals surface area (Å²) >= 11 is 0. The van der Waals surface area contributed by atoms with Gasteiger partial charge in [-0.2, -0.15) is 0 Å². The lowest BCUT2D eigenvalue weighted by molar-refractivity contribution is -0.148. The first-order chi connectivity index (χ1) is 8.65. The predicted molar refractivity (Wildman–Crippen MR) is 62.1 cm³/mol. The highest BCUT2D eigenvalue weighted by Crippen LogP contribution is 2.23. The predicted octanol–water partition coefficient (Wildman–Crippen LogP) is 0.114. The zero-order valence-corrected chi connectivity index (χ0v) is 10.5. The van der Waals surface area contributed by atoms with E-state index in [1.165, 1.54) is 0 Å². The molecule has 0 aliphatic carbocycles. The lowest BCUT2D eigenvalue weighted by Crippen LogP contribution is -2.50. The molecular formula is C12H19NO5. The van der Waals surface area contributed by atoms with E-state index >= 15 is 0 Å². The van der Waals surface area contributed by atoms with Crippen LogP contribution < -0.4 is 0 Å². The van der Waals surface area contributed by atoms with Gasteiger partial charge in [-0.1, -0.05) is 0 Å². The Hall–Kier alpha value is -1.14. The Morgan fingerprint density at radius 2 is 2.17 bits per heavy atom. The van der Waals surface area contributed by atoms with Gasteiger partial charge in [-0.25, -0.2) is 0 Å². The summed E-state index contributed by atoms with van der Waals surface area (Å²) < 4.78 is 10.6. The monoisotopic (exact) mass is 257 g/mol. The molecule has 0 bridgehead atoms. The van der Waals surface area contributed by atoms with E-state index in [1.807, 2.05) is 6.92 Å². The number of rotatable bonds is 4. The van der Waals surface area contributed by atoms with Gasteiger partial charge in [0.1, 0.15) is 12.0 Å². The van der Waals surface area contributed by atoms with Crippen LogP contribution in [0.4, 0.5) is 0 Å². The average molecular weight is 257 g/mol. The van der Waals surface area contributed by atoms with Crippen LogP contribution in [0.5, 0.6) is 0 Å². The van der Waals surface area contributed by atoms with Gasteiger partial charge in [0.05, 0.1) is 19.3 Å². The Morgan fingerprint density at radius 1 is 1.39 bits per heavy atom. The number of likely N-dealkylation sites (N-methyl/N-ethyl adjacent to an activating group) is 1. The van der Waals surface area contributed by atoms with E-state index in [2.05, 4.69) is 0 Å². The van der Waals surface area contributed by atoms with Crippen LogP contribution in [0.25, 0.3) is 0 Å². The first-order valence-corrected chi connectivity index (χ1v) is 6.37. The molecule has 2 aliphatic rings. The summed E-state index contributed by atoms with van der Waals surface area (Å²) in [6.07, 6.45) is 1.21. The molecule has 0 aromatic rings. The van der Waals surface area contributed by atoms with E-state index in [0.717, 1.165) is 12.8 Å². The topological polar surface area (TPSA) is 76.1 Å². The maximum absolute atomic E-state index is 12.3. The lowest BCUT2D eigenvalue weighted by Gasteiger charge is -2.31. The first kappa shape index (κ1) is 13.3. The number of ether oxygens (including phenoxy) is 2. The van der Waals surface area contributed by atoms with Crippen LogP contribution in [0.2, 0.25) is 0 Å². The van der Waals surface area contributed by atoms with E-state index in [9.17, 15) is 9.59 Å². The number of hydrogen-bond donors (Lipinski definition) is 1. The molecule has 3 unspecified atom stereocenters. The number of aliphatic carboxylic acids is 1. The van der Waals surface area contributed by atoms with Crippen molar-refractivity contribution in [1.29, 1.82) is 0 Å². The van der Waals surface area contributed by atoms with Crippen molar-refractivity contribution in [2.24, 2.45) is 5.92 Å². The molecule has 0 radical (unpaired) electrons. The Labute approximate surface area is 106 Å². The molecule has 2 rings (SSSR count). The second-order valence-electron chi connectivity index (χ2n) is 4.68. The minimum absolute atomic E-state index is 0.100. The molecule has 2 saturated heterocycles. The smallest absolute Gasteiger partial charge is 0.311 e. The van der Waals surface area contributed by atoms with Crippen LogP contribution in [0.15, 0.2) is 0 Å². The SMILES string of the molecule is CCN(C(=O)C1CCCO1)C1COCC1C(=O)O. The second kappa shape index (κ2) is 5.67. The molecule has 6 heteroatoms. The van der Waals surface area contributed by atoms with E-state index in [4.69, 9.17) is 14.6 Å². The third-order valence-electron chi connectivity index (χ3n) is 3.60. The minimum Gasteiger partial charge on any atom is -0.481 e. The molecule has 2 fully saturated rings. The third kappa shape index (κ3) is 2.49. The highest BCUT2D eigenvalue weighted by atomic mass is 16.5. The molecule has 102 valence electrons. The summed E-state index contributed by atoms with van der Waals surface area (Å²) in [5.74, 6) is -1.64. The first-order valence-electron chi connectivity index (χ1n) is 6.37. The molecule has 0 aromatic heterocycles. The number of carboxylic acid groups (broad SMARTS) is 1. The number of carboxylic acids is 1. The molecule has 0 spiro atoms. The Morgan fingerprint density at radius 3 is 2.72 bits per heavy atom. The van der Waals surface area contributed by atoms with Crippen LogP contribution in [0.3, 0.4) is 0 Å². The van der Waals surface area contributed by atoms with Gasteiger partial charge >= 0.3 is 5.97 Å². The highest BCUT2D eigenvalue weighted by Gasteiger charge is 2.41. The fourth-order valence-corrected chi connectivity index (χ4v) is 2.60. The van der Waals surface area contributed by atoms with E-state index in [-0.39, 0.29) is 18.6 Å². The van der Waals surface area contributed by atoms with Crippen molar-refractivity contribution in [1.82, 2.24) is 4.90 Å². The summed E-state index contributed by atoms with van der Waals surface area (Å²) in [6.45, 7) is 3.41.